The van der Waals surface area contributed by atoms with E-state index in [2.05, 4.69) is 60.5 Å². The molecule has 412 valence electrons. The largest absolute Gasteiger partial charge is 0.368 e. The number of carbonyl (C=O) groups is 8. The molecular formula is C56H94N8O9. The fourth-order valence-corrected chi connectivity index (χ4v) is 6.36. The first-order chi connectivity index (χ1) is 34.9. The van der Waals surface area contributed by atoms with E-state index in [-0.39, 0.29) is 54.0 Å². The lowest BCUT2D eigenvalue weighted by Crippen LogP contribution is -2.47. The maximum absolute atomic E-state index is 11.9. The summed E-state index contributed by atoms with van der Waals surface area (Å²) in [6.45, 7) is 26.1. The van der Waals surface area contributed by atoms with Crippen molar-refractivity contribution in [3.8, 4) is 0 Å². The first-order valence-corrected chi connectivity index (χ1v) is 26.1. The third-order valence-electron chi connectivity index (χ3n) is 10.6. The van der Waals surface area contributed by atoms with Gasteiger partial charge in [0.1, 0.15) is 18.6 Å². The van der Waals surface area contributed by atoms with Crippen LogP contribution in [0.3, 0.4) is 0 Å². The number of aldehydes is 2. The molecule has 3 unspecified atom stereocenters. The molecule has 0 saturated carbocycles. The molecule has 2 saturated heterocycles. The molecule has 3 atom stereocenters. The number of allylic oxidation sites excluding steroid dienone is 2. The van der Waals surface area contributed by atoms with Gasteiger partial charge in [0.25, 0.3) is 0 Å². The van der Waals surface area contributed by atoms with Crippen molar-refractivity contribution in [1.82, 2.24) is 21.0 Å². The Morgan fingerprint density at radius 2 is 1.37 bits per heavy atom. The number of benzene rings is 2. The molecule has 0 spiro atoms. The highest BCUT2D eigenvalue weighted by Gasteiger charge is 2.25. The first-order valence-electron chi connectivity index (χ1n) is 26.1. The van der Waals surface area contributed by atoms with Gasteiger partial charge in [-0.3, -0.25) is 24.0 Å². The highest BCUT2D eigenvalue weighted by molar-refractivity contribution is 5.95. The van der Waals surface area contributed by atoms with E-state index in [0.717, 1.165) is 99.7 Å². The van der Waals surface area contributed by atoms with Crippen LogP contribution in [0.1, 0.15) is 164 Å². The van der Waals surface area contributed by atoms with Crippen LogP contribution in [0.4, 0.5) is 11.4 Å². The van der Waals surface area contributed by atoms with E-state index in [9.17, 15) is 33.6 Å². The zero-order valence-electron chi connectivity index (χ0n) is 46.1. The number of primary amides is 1. The number of unbranched alkanes of at least 4 members (excludes halogenated alkanes) is 6. The normalized spacial score (nSPS) is 13.7. The standard InChI is InChI=1S/C16H25N3O2.C15H23NO.C13H19NO3.C5H8N2O2.C3H9N.C2H4O.C2H6/c1-5-12-6-8-13(9-7-12)19-14(20)10-18-16(21)15(17-4)11(2)3;1-3-4-5-7-10-13(2)15(17)16-14-11-8-6-9-12-14;1-11-8-9-12(2)14(11)17-13(16)7-5-3-4-6-10-15;6-5(9)3-1-2-4(8)7-3;1-2-3-4;1-2-3;1-2/h6-9,11,15,17H,5,10H2,1-4H3,(H,18,21)(H,19,20);6,8-9,11-13H,3-5,7,10H2,1-2H3,(H,16,17);10H,1-9H2;3H,1-2H2,(H2,6,9)(H,7,8);2-4H2,1H3;2H,1H3;1-2H3. The van der Waals surface area contributed by atoms with Crippen molar-refractivity contribution in [3.63, 3.8) is 0 Å². The van der Waals surface area contributed by atoms with Crippen LogP contribution in [0.15, 0.2) is 79.1 Å². The number of aryl methyl sites for hydroxylation is 1. The summed E-state index contributed by atoms with van der Waals surface area (Å²) in [7, 11) is 1.74. The average molecular weight is 1020 g/mol. The maximum atomic E-state index is 11.9. The molecule has 73 heavy (non-hydrogen) atoms. The Balaban J connectivity index is -0.000000866. The average Bonchev–Trinajstić information content (AvgIpc) is 3.97. The van der Waals surface area contributed by atoms with Crippen molar-refractivity contribution < 1.29 is 43.2 Å². The lowest BCUT2D eigenvalue weighted by molar-refractivity contribution is -0.172. The van der Waals surface area contributed by atoms with Crippen LogP contribution in [-0.4, -0.2) is 85.4 Å². The molecule has 17 heteroatoms. The minimum Gasteiger partial charge on any atom is -0.368 e. The molecular weight excluding hydrogens is 929 g/mol. The van der Waals surface area contributed by atoms with E-state index >= 15 is 0 Å². The number of nitrogens with two attached hydrogens (primary N) is 2. The van der Waals surface area contributed by atoms with Gasteiger partial charge in [-0.05, 0) is 108 Å². The van der Waals surface area contributed by atoms with Crippen molar-refractivity contribution in [2.45, 2.75) is 177 Å². The molecule has 2 aromatic rings. The highest BCUT2D eigenvalue weighted by atomic mass is 16.7. The number of carbonyl (C=O) groups excluding carboxylic acids is 8. The predicted molar refractivity (Wildman–Crippen MR) is 296 cm³/mol. The zero-order chi connectivity index (χ0) is 56.0. The number of hydrogen-bond donors (Lipinski definition) is 7. The maximum Gasteiger partial charge on any atom is 0.332 e. The SMILES string of the molecule is C=C1CCC(=C)N1OC(=O)CCCCCC=O.CC.CC=O.CCCCCCC(C)C(=O)Nc1ccccc1.CCCN.CCc1ccc(NC(=O)CNC(=O)C(NC)C(C)C)cc1.NC(=O)C1CCC(=O)N1. The number of amides is 5. The van der Waals surface area contributed by atoms with Crippen LogP contribution in [0.2, 0.25) is 0 Å². The van der Waals surface area contributed by atoms with E-state index in [1.54, 1.807) is 7.05 Å². The second kappa shape index (κ2) is 46.8. The summed E-state index contributed by atoms with van der Waals surface area (Å²) < 4.78 is 0. The van der Waals surface area contributed by atoms with Crippen LogP contribution in [0, 0.1) is 11.8 Å². The molecule has 2 heterocycles. The van der Waals surface area contributed by atoms with Crippen molar-refractivity contribution in [2.75, 3.05) is 30.8 Å². The predicted octanol–water partition coefficient (Wildman–Crippen LogP) is 8.83. The summed E-state index contributed by atoms with van der Waals surface area (Å²) in [6.07, 6.45) is 15.5. The molecule has 4 rings (SSSR count). The second-order valence-corrected chi connectivity index (χ2v) is 17.2. The van der Waals surface area contributed by atoms with E-state index < -0.39 is 11.9 Å². The fraction of sp³-hybridized carbons (Fsp3) is 0.571. The number of para-hydroxylation sites is 1. The van der Waals surface area contributed by atoms with Crippen LogP contribution >= 0.6 is 0 Å². The quantitative estimate of drug-likeness (QED) is 0.0407. The van der Waals surface area contributed by atoms with Gasteiger partial charge >= 0.3 is 5.97 Å². The number of hydroxylamine groups is 2. The number of nitrogens with zero attached hydrogens (tertiary/aromatic N) is 1. The first kappa shape index (κ1) is 71.1. The molecule has 2 aliphatic rings. The van der Waals surface area contributed by atoms with Crippen LogP contribution in [0.5, 0.6) is 0 Å². The molecule has 9 N–H and O–H groups in total. The molecule has 0 radical (unpaired) electrons. The number of anilines is 2. The Morgan fingerprint density at radius 1 is 0.808 bits per heavy atom. The van der Waals surface area contributed by atoms with Gasteiger partial charge in [0, 0.05) is 36.6 Å². The summed E-state index contributed by atoms with van der Waals surface area (Å²) >= 11 is 0. The van der Waals surface area contributed by atoms with E-state index in [4.69, 9.17) is 21.1 Å². The van der Waals surface area contributed by atoms with Gasteiger partial charge in [-0.1, -0.05) is 131 Å². The Bertz CT molecular complexity index is 1840. The smallest absolute Gasteiger partial charge is 0.332 e. The summed E-state index contributed by atoms with van der Waals surface area (Å²) in [5.74, 6) is -0.783. The number of likely N-dealkylation sites (N-methyl/N-ethyl adjacent to an activating group) is 1. The minimum atomic E-state index is -0.444. The molecule has 5 amide bonds. The Morgan fingerprint density at radius 3 is 1.82 bits per heavy atom. The van der Waals surface area contributed by atoms with Crippen molar-refractivity contribution >= 4 is 59.5 Å². The summed E-state index contributed by atoms with van der Waals surface area (Å²) in [5.41, 5.74) is 14.3. The van der Waals surface area contributed by atoms with Gasteiger partial charge in [0.15, 0.2) is 0 Å². The zero-order valence-corrected chi connectivity index (χ0v) is 46.1. The van der Waals surface area contributed by atoms with E-state index in [0.29, 0.717) is 25.7 Å². The third kappa shape index (κ3) is 37.2. The number of nitrogens with one attached hydrogen (secondary N) is 5. The summed E-state index contributed by atoms with van der Waals surface area (Å²) in [5, 5.41) is 15.2. The lowest BCUT2D eigenvalue weighted by Gasteiger charge is -2.19. The van der Waals surface area contributed by atoms with E-state index in [1.807, 2.05) is 89.2 Å². The van der Waals surface area contributed by atoms with Gasteiger partial charge in [-0.2, -0.15) is 5.06 Å². The van der Waals surface area contributed by atoms with Gasteiger partial charge in [0.2, 0.25) is 29.5 Å². The van der Waals surface area contributed by atoms with Gasteiger partial charge in [-0.15, -0.1) is 0 Å². The Labute approximate surface area is 438 Å². The second-order valence-electron chi connectivity index (χ2n) is 17.2. The van der Waals surface area contributed by atoms with Gasteiger partial charge in [0.05, 0.1) is 24.0 Å². The number of rotatable bonds is 23. The molecule has 2 aromatic carbocycles. The monoisotopic (exact) mass is 1020 g/mol. The van der Waals surface area contributed by atoms with Crippen molar-refractivity contribution in [3.05, 3.63) is 84.7 Å². The van der Waals surface area contributed by atoms with Crippen LogP contribution in [-0.2, 0) is 49.6 Å². The topological polar surface area (TPSA) is 261 Å². The molecule has 2 aliphatic heterocycles. The van der Waals surface area contributed by atoms with Gasteiger partial charge in [-0.25, -0.2) is 4.79 Å². The third-order valence-corrected chi connectivity index (χ3v) is 10.6. The molecule has 0 aromatic heterocycles. The van der Waals surface area contributed by atoms with E-state index in [1.165, 1.54) is 36.8 Å². The van der Waals surface area contributed by atoms with Crippen LogP contribution in [0.25, 0.3) is 0 Å². The van der Waals surface area contributed by atoms with Crippen molar-refractivity contribution in [1.29, 1.82) is 0 Å². The molecule has 0 aliphatic carbocycles. The highest BCUT2D eigenvalue weighted by Crippen LogP contribution is 2.28. The molecule has 2 fully saturated rings. The van der Waals surface area contributed by atoms with Crippen molar-refractivity contribution in [2.24, 2.45) is 23.3 Å². The lowest BCUT2D eigenvalue weighted by atomic mass is 10.0. The Hall–Kier alpha value is -6.20. The molecule has 17 nitrogen and oxygen atoms in total. The summed E-state index contributed by atoms with van der Waals surface area (Å²) in [4.78, 5) is 91.9. The number of hydrogen-bond acceptors (Lipinski definition) is 12. The Kier molecular flexibility index (Phi) is 45.6. The van der Waals surface area contributed by atoms with Crippen LogP contribution < -0.4 is 38.1 Å². The van der Waals surface area contributed by atoms with Gasteiger partial charge < -0.3 is 52.5 Å². The fourth-order valence-electron chi connectivity index (χ4n) is 6.36. The summed E-state index contributed by atoms with van der Waals surface area (Å²) in [6, 6.07) is 16.6. The minimum absolute atomic E-state index is 0.0285. The molecule has 0 bridgehead atoms.